The number of H-pyrrole nitrogens is 1. The molecular formula is C17H13F2N3O2S. The van der Waals surface area contributed by atoms with Crippen molar-refractivity contribution in [2.75, 3.05) is 0 Å². The molecule has 0 aliphatic rings. The van der Waals surface area contributed by atoms with Gasteiger partial charge in [-0.1, -0.05) is 12.1 Å². The Balaban J connectivity index is 1.90. The number of hydrogen-bond acceptors (Lipinski definition) is 3. The Hall–Kier alpha value is -2.87. The Kier molecular flexibility index (Phi) is 4.71. The first-order chi connectivity index (χ1) is 11.9. The summed E-state index contributed by atoms with van der Waals surface area (Å²) in [6, 6.07) is 9.72. The number of nitrogens with one attached hydrogen (secondary N) is 1. The molecule has 0 atom stereocenters. The molecule has 8 heteroatoms. The van der Waals surface area contributed by atoms with Crippen LogP contribution in [0, 0.1) is 16.4 Å². The maximum absolute atomic E-state index is 13.4. The minimum absolute atomic E-state index is 0.168. The zero-order chi connectivity index (χ0) is 18.0. The largest absolute Gasteiger partial charge is 0.478 e. The van der Waals surface area contributed by atoms with Gasteiger partial charge in [0.05, 0.1) is 12.1 Å². The lowest BCUT2D eigenvalue weighted by molar-refractivity contribution is 0.0696. The molecule has 2 aromatic carbocycles. The zero-order valence-electron chi connectivity index (χ0n) is 12.9. The summed E-state index contributed by atoms with van der Waals surface area (Å²) in [6.07, 6.45) is 0.181. The van der Waals surface area contributed by atoms with Gasteiger partial charge in [-0.05, 0) is 47.6 Å². The minimum atomic E-state index is -1.02. The van der Waals surface area contributed by atoms with Crippen LogP contribution in [-0.2, 0) is 13.0 Å². The summed E-state index contributed by atoms with van der Waals surface area (Å²) in [6.45, 7) is 0.295. The quantitative estimate of drug-likeness (QED) is 0.682. The Bertz CT molecular complexity index is 977. The van der Waals surface area contributed by atoms with E-state index in [1.54, 1.807) is 22.8 Å². The molecule has 0 saturated heterocycles. The van der Waals surface area contributed by atoms with Crippen LogP contribution in [0.25, 0.3) is 0 Å². The van der Waals surface area contributed by atoms with Gasteiger partial charge in [0.15, 0.2) is 4.77 Å². The van der Waals surface area contributed by atoms with Crippen molar-refractivity contribution in [3.63, 3.8) is 0 Å². The molecule has 0 spiro atoms. The maximum Gasteiger partial charge on any atom is 0.335 e. The predicted molar refractivity (Wildman–Crippen MR) is 89.1 cm³/mol. The molecule has 3 rings (SSSR count). The summed E-state index contributed by atoms with van der Waals surface area (Å²) >= 11 is 5.20. The predicted octanol–water partition coefficient (Wildman–Crippen LogP) is 3.56. The number of carboxylic acids is 1. The zero-order valence-corrected chi connectivity index (χ0v) is 13.7. The van der Waals surface area contributed by atoms with Gasteiger partial charge in [0.25, 0.3) is 0 Å². The lowest BCUT2D eigenvalue weighted by Crippen LogP contribution is -2.07. The number of hydrogen-bond donors (Lipinski definition) is 2. The Labute approximate surface area is 146 Å². The van der Waals surface area contributed by atoms with Crippen molar-refractivity contribution >= 4 is 18.2 Å². The fraction of sp³-hybridized carbons (Fsp3) is 0.118. The molecule has 128 valence electrons. The van der Waals surface area contributed by atoms with E-state index >= 15 is 0 Å². The fourth-order valence-electron chi connectivity index (χ4n) is 2.53. The smallest absolute Gasteiger partial charge is 0.335 e. The van der Waals surface area contributed by atoms with Gasteiger partial charge in [-0.2, -0.15) is 5.10 Å². The van der Waals surface area contributed by atoms with Crippen molar-refractivity contribution in [3.05, 3.63) is 81.4 Å². The van der Waals surface area contributed by atoms with Crippen LogP contribution in [0.15, 0.2) is 42.5 Å². The van der Waals surface area contributed by atoms with Gasteiger partial charge < -0.3 is 5.11 Å². The highest BCUT2D eigenvalue weighted by Gasteiger charge is 2.11. The van der Waals surface area contributed by atoms with Gasteiger partial charge in [-0.3, -0.25) is 9.67 Å². The molecular weight excluding hydrogens is 348 g/mol. The minimum Gasteiger partial charge on any atom is -0.478 e. The van der Waals surface area contributed by atoms with E-state index in [0.717, 1.165) is 11.6 Å². The molecule has 1 aromatic heterocycles. The van der Waals surface area contributed by atoms with Gasteiger partial charge >= 0.3 is 5.97 Å². The number of rotatable bonds is 5. The molecule has 0 fully saturated rings. The van der Waals surface area contributed by atoms with Crippen molar-refractivity contribution in [3.8, 4) is 0 Å². The Morgan fingerprint density at radius 1 is 1.16 bits per heavy atom. The normalized spacial score (nSPS) is 10.8. The highest BCUT2D eigenvalue weighted by Crippen LogP contribution is 2.14. The van der Waals surface area contributed by atoms with E-state index in [4.69, 9.17) is 17.3 Å². The highest BCUT2D eigenvalue weighted by atomic mass is 32.1. The lowest BCUT2D eigenvalue weighted by atomic mass is 10.1. The summed E-state index contributed by atoms with van der Waals surface area (Å²) in [5.74, 6) is -1.85. The van der Waals surface area contributed by atoms with Crippen LogP contribution < -0.4 is 0 Å². The van der Waals surface area contributed by atoms with Crippen LogP contribution in [0.3, 0.4) is 0 Å². The van der Waals surface area contributed by atoms with Gasteiger partial charge in [0.1, 0.15) is 17.5 Å². The van der Waals surface area contributed by atoms with E-state index in [0.29, 0.717) is 22.7 Å². The lowest BCUT2D eigenvalue weighted by Gasteiger charge is -2.08. The molecule has 0 aliphatic carbocycles. The molecule has 0 amide bonds. The topological polar surface area (TPSA) is 70.9 Å². The van der Waals surface area contributed by atoms with E-state index in [2.05, 4.69) is 10.2 Å². The van der Waals surface area contributed by atoms with Crippen molar-refractivity contribution in [2.45, 2.75) is 13.0 Å². The summed E-state index contributed by atoms with van der Waals surface area (Å²) in [7, 11) is 0. The maximum atomic E-state index is 13.4. The molecule has 0 radical (unpaired) electrons. The second-order valence-corrected chi connectivity index (χ2v) is 5.88. The van der Waals surface area contributed by atoms with Crippen molar-refractivity contribution in [1.29, 1.82) is 0 Å². The Morgan fingerprint density at radius 3 is 2.56 bits per heavy atom. The van der Waals surface area contributed by atoms with Crippen LogP contribution in [0.2, 0.25) is 0 Å². The van der Waals surface area contributed by atoms with Gasteiger partial charge in [0, 0.05) is 12.5 Å². The SMILES string of the molecule is O=C(O)c1cccc(Cn2c(Cc3cc(F)cc(F)c3)n[nH]c2=S)c1. The highest BCUT2D eigenvalue weighted by molar-refractivity contribution is 7.71. The molecule has 0 unspecified atom stereocenters. The second kappa shape index (κ2) is 6.94. The number of carboxylic acid groups (broad SMARTS) is 1. The number of benzene rings is 2. The summed E-state index contributed by atoms with van der Waals surface area (Å²) in [4.78, 5) is 11.1. The fourth-order valence-corrected chi connectivity index (χ4v) is 2.74. The average Bonchev–Trinajstić information content (AvgIpc) is 2.87. The first kappa shape index (κ1) is 17.0. The monoisotopic (exact) mass is 361 g/mol. The number of halogens is 2. The third-order valence-corrected chi connectivity index (χ3v) is 3.95. The van der Waals surface area contributed by atoms with E-state index in [9.17, 15) is 13.6 Å². The Morgan fingerprint density at radius 2 is 1.88 bits per heavy atom. The molecule has 1 heterocycles. The molecule has 2 N–H and O–H groups in total. The molecule has 0 bridgehead atoms. The van der Waals surface area contributed by atoms with Crippen molar-refractivity contribution in [1.82, 2.24) is 14.8 Å². The number of aromatic nitrogens is 3. The number of carbonyl (C=O) groups is 1. The van der Waals surface area contributed by atoms with Crippen LogP contribution in [0.5, 0.6) is 0 Å². The summed E-state index contributed by atoms with van der Waals surface area (Å²) in [5, 5.41) is 15.8. The molecule has 0 aliphatic heterocycles. The van der Waals surface area contributed by atoms with E-state index in [-0.39, 0.29) is 12.0 Å². The van der Waals surface area contributed by atoms with Gasteiger partial charge in [-0.15, -0.1) is 0 Å². The second-order valence-electron chi connectivity index (χ2n) is 5.49. The average molecular weight is 361 g/mol. The molecule has 3 aromatic rings. The van der Waals surface area contributed by atoms with E-state index in [1.807, 2.05) is 0 Å². The van der Waals surface area contributed by atoms with Crippen molar-refractivity contribution < 1.29 is 18.7 Å². The van der Waals surface area contributed by atoms with Crippen LogP contribution in [0.1, 0.15) is 27.3 Å². The van der Waals surface area contributed by atoms with Crippen LogP contribution in [-0.4, -0.2) is 25.8 Å². The van der Waals surface area contributed by atoms with E-state index < -0.39 is 17.6 Å². The van der Waals surface area contributed by atoms with Crippen LogP contribution in [0.4, 0.5) is 8.78 Å². The van der Waals surface area contributed by atoms with Crippen molar-refractivity contribution in [2.24, 2.45) is 0 Å². The van der Waals surface area contributed by atoms with Gasteiger partial charge in [-0.25, -0.2) is 13.6 Å². The van der Waals surface area contributed by atoms with Gasteiger partial charge in [0.2, 0.25) is 0 Å². The summed E-state index contributed by atoms with van der Waals surface area (Å²) < 4.78 is 28.7. The number of aromatic amines is 1. The third-order valence-electron chi connectivity index (χ3n) is 3.64. The number of nitrogens with zero attached hydrogens (tertiary/aromatic N) is 2. The first-order valence-electron chi connectivity index (χ1n) is 7.33. The molecule has 5 nitrogen and oxygen atoms in total. The van der Waals surface area contributed by atoms with E-state index in [1.165, 1.54) is 18.2 Å². The third kappa shape index (κ3) is 3.97. The molecule has 25 heavy (non-hydrogen) atoms. The standard InChI is InChI=1S/C17H13F2N3O2S/c18-13-5-11(6-14(19)8-13)7-15-20-21-17(25)22(15)9-10-2-1-3-12(4-10)16(23)24/h1-6,8H,7,9H2,(H,21,25)(H,23,24). The molecule has 0 saturated carbocycles. The first-order valence-corrected chi connectivity index (χ1v) is 7.74. The summed E-state index contributed by atoms with van der Waals surface area (Å²) in [5.41, 5.74) is 1.32. The number of aromatic carboxylic acids is 1. The van der Waals surface area contributed by atoms with Crippen LogP contribution >= 0.6 is 12.2 Å².